The van der Waals surface area contributed by atoms with Crippen LogP contribution in [-0.4, -0.2) is 54.5 Å². The van der Waals surface area contributed by atoms with Gasteiger partial charge in [-0.15, -0.1) is 5.10 Å². The molecule has 0 radical (unpaired) electrons. The highest BCUT2D eigenvalue weighted by Crippen LogP contribution is 2.31. The molecule has 2 heterocycles. The zero-order valence-electron chi connectivity index (χ0n) is 13.5. The van der Waals surface area contributed by atoms with Gasteiger partial charge in [0.15, 0.2) is 0 Å². The molecule has 3 rings (SSSR count). The van der Waals surface area contributed by atoms with Gasteiger partial charge in [-0.25, -0.2) is 14.3 Å². The molecule has 0 N–H and O–H groups in total. The first-order valence-corrected chi connectivity index (χ1v) is 7.12. The van der Waals surface area contributed by atoms with Gasteiger partial charge >= 0.3 is 11.9 Å². The molecule has 0 unspecified atom stereocenters. The summed E-state index contributed by atoms with van der Waals surface area (Å²) in [5, 5.41) is 8.04. The quantitative estimate of drug-likeness (QED) is 0.744. The Bertz CT molecular complexity index is 842. The predicted octanol–water partition coefficient (Wildman–Crippen LogP) is 0.362. The second kappa shape index (κ2) is 6.28. The number of benzene rings is 1. The average Bonchev–Trinajstić information content (AvgIpc) is 3.01. The highest BCUT2D eigenvalue weighted by atomic mass is 16.5. The van der Waals surface area contributed by atoms with E-state index in [-0.39, 0.29) is 24.6 Å². The van der Waals surface area contributed by atoms with Crippen LogP contribution in [0.2, 0.25) is 0 Å². The molecule has 0 saturated carbocycles. The highest BCUT2D eigenvalue weighted by Gasteiger charge is 2.33. The number of anilines is 1. The molecule has 1 aliphatic rings. The number of carbonyl (C=O) groups excluding carboxylic acids is 2. The first-order chi connectivity index (χ1) is 11.6. The molecule has 126 valence electrons. The van der Waals surface area contributed by atoms with Gasteiger partial charge in [-0.3, -0.25) is 0 Å². The van der Waals surface area contributed by atoms with Crippen molar-refractivity contribution >= 4 is 28.7 Å². The number of hydrogen-bond acceptors (Lipinski definition) is 8. The summed E-state index contributed by atoms with van der Waals surface area (Å²) in [4.78, 5) is 25.9. The van der Waals surface area contributed by atoms with Gasteiger partial charge in [0.05, 0.1) is 32.1 Å². The molecule has 2 aromatic rings. The van der Waals surface area contributed by atoms with E-state index in [4.69, 9.17) is 14.2 Å². The van der Waals surface area contributed by atoms with Crippen molar-refractivity contribution in [1.29, 1.82) is 0 Å². The number of carbonyl (C=O) groups is 2. The van der Waals surface area contributed by atoms with Gasteiger partial charge in [0.1, 0.15) is 23.5 Å². The van der Waals surface area contributed by atoms with Crippen LogP contribution in [0, 0.1) is 0 Å². The molecular formula is C15H16N4O5. The molecule has 0 saturated heterocycles. The summed E-state index contributed by atoms with van der Waals surface area (Å²) >= 11 is 0. The topological polar surface area (TPSA) is 95.8 Å². The van der Waals surface area contributed by atoms with Crippen molar-refractivity contribution in [2.45, 2.75) is 0 Å². The predicted molar refractivity (Wildman–Crippen MR) is 82.9 cm³/mol. The minimum Gasteiger partial charge on any atom is -0.466 e. The lowest BCUT2D eigenvalue weighted by atomic mass is 10.1. The second-order valence-corrected chi connectivity index (χ2v) is 5.07. The summed E-state index contributed by atoms with van der Waals surface area (Å²) in [5.41, 5.74) is 2.17. The van der Waals surface area contributed by atoms with E-state index in [2.05, 4.69) is 10.3 Å². The number of methoxy groups -OCH3 is 2. The molecule has 1 aromatic heterocycles. The van der Waals surface area contributed by atoms with Crippen LogP contribution in [0.1, 0.15) is 0 Å². The van der Waals surface area contributed by atoms with Gasteiger partial charge in [0.25, 0.3) is 0 Å². The number of ether oxygens (including phenoxy) is 3. The zero-order valence-corrected chi connectivity index (χ0v) is 13.5. The van der Waals surface area contributed by atoms with Gasteiger partial charge in [0, 0.05) is 7.05 Å². The fraction of sp³-hybridized carbons (Fsp3) is 0.333. The third-order valence-electron chi connectivity index (χ3n) is 3.73. The zero-order chi connectivity index (χ0) is 17.3. The monoisotopic (exact) mass is 332 g/mol. The molecule has 24 heavy (non-hydrogen) atoms. The Morgan fingerprint density at radius 1 is 1.21 bits per heavy atom. The molecule has 1 aliphatic heterocycles. The Kier molecular flexibility index (Phi) is 4.17. The van der Waals surface area contributed by atoms with Crippen LogP contribution in [0.4, 0.5) is 5.69 Å². The number of fused-ring (bicyclic) bond motifs is 1. The van der Waals surface area contributed by atoms with E-state index in [0.29, 0.717) is 16.7 Å². The number of esters is 2. The van der Waals surface area contributed by atoms with Crippen LogP contribution in [-0.2, 0) is 30.8 Å². The van der Waals surface area contributed by atoms with Crippen molar-refractivity contribution in [3.63, 3.8) is 0 Å². The van der Waals surface area contributed by atoms with Gasteiger partial charge in [0.2, 0.25) is 0 Å². The largest absolute Gasteiger partial charge is 0.466 e. The van der Waals surface area contributed by atoms with E-state index in [1.165, 1.54) is 14.2 Å². The third-order valence-corrected chi connectivity index (χ3v) is 3.73. The molecule has 1 aromatic carbocycles. The molecular weight excluding hydrogens is 316 g/mol. The lowest BCUT2D eigenvalue weighted by Crippen LogP contribution is -2.39. The molecule has 0 bridgehead atoms. The fourth-order valence-electron chi connectivity index (χ4n) is 2.64. The highest BCUT2D eigenvalue weighted by molar-refractivity contribution is 6.05. The van der Waals surface area contributed by atoms with Crippen molar-refractivity contribution in [3.8, 4) is 0 Å². The SMILES string of the molecule is COC(=O)C1=C(C(=O)OC)N(c2cccc3nnn(C)c23)COC1. The van der Waals surface area contributed by atoms with Crippen molar-refractivity contribution in [2.75, 3.05) is 32.5 Å². The smallest absolute Gasteiger partial charge is 0.355 e. The lowest BCUT2D eigenvalue weighted by molar-refractivity contribution is -0.140. The van der Waals surface area contributed by atoms with Crippen LogP contribution in [0.3, 0.4) is 0 Å². The Morgan fingerprint density at radius 2 is 1.96 bits per heavy atom. The maximum atomic E-state index is 12.3. The molecule has 0 fully saturated rings. The van der Waals surface area contributed by atoms with Crippen LogP contribution in [0.15, 0.2) is 29.5 Å². The minimum absolute atomic E-state index is 0.0345. The summed E-state index contributed by atoms with van der Waals surface area (Å²) in [5.74, 6) is -1.29. The number of aryl methyl sites for hydroxylation is 1. The summed E-state index contributed by atoms with van der Waals surface area (Å²) in [6.07, 6.45) is 0. The summed E-state index contributed by atoms with van der Waals surface area (Å²) in [6, 6.07) is 5.38. The molecule has 9 heteroatoms. The van der Waals surface area contributed by atoms with Crippen molar-refractivity contribution < 1.29 is 23.8 Å². The van der Waals surface area contributed by atoms with E-state index < -0.39 is 11.9 Å². The van der Waals surface area contributed by atoms with E-state index >= 15 is 0 Å². The summed E-state index contributed by atoms with van der Waals surface area (Å²) in [7, 11) is 4.24. The van der Waals surface area contributed by atoms with Crippen LogP contribution >= 0.6 is 0 Å². The van der Waals surface area contributed by atoms with E-state index in [0.717, 1.165) is 0 Å². The Balaban J connectivity index is 2.22. The number of hydrogen-bond donors (Lipinski definition) is 0. The van der Waals surface area contributed by atoms with Gasteiger partial charge in [-0.05, 0) is 12.1 Å². The van der Waals surface area contributed by atoms with E-state index in [9.17, 15) is 9.59 Å². The van der Waals surface area contributed by atoms with E-state index in [1.54, 1.807) is 34.8 Å². The summed E-state index contributed by atoms with van der Waals surface area (Å²) in [6.45, 7) is 0.0441. The van der Waals surface area contributed by atoms with Crippen molar-refractivity contribution in [2.24, 2.45) is 7.05 Å². The van der Waals surface area contributed by atoms with Crippen molar-refractivity contribution in [1.82, 2.24) is 15.0 Å². The lowest BCUT2D eigenvalue weighted by Gasteiger charge is -2.31. The maximum absolute atomic E-state index is 12.3. The van der Waals surface area contributed by atoms with Gasteiger partial charge < -0.3 is 19.1 Å². The number of para-hydroxylation sites is 1. The maximum Gasteiger partial charge on any atom is 0.355 e. The molecule has 0 atom stereocenters. The fourth-order valence-corrected chi connectivity index (χ4v) is 2.64. The summed E-state index contributed by atoms with van der Waals surface area (Å²) < 4.78 is 16.7. The third kappa shape index (κ3) is 2.48. The van der Waals surface area contributed by atoms with E-state index in [1.807, 2.05) is 0 Å². The number of rotatable bonds is 3. The molecule has 0 spiro atoms. The van der Waals surface area contributed by atoms with Crippen LogP contribution < -0.4 is 4.90 Å². The first-order valence-electron chi connectivity index (χ1n) is 7.12. The second-order valence-electron chi connectivity index (χ2n) is 5.07. The standard InChI is InChI=1S/C15H16N4O5/c1-18-13-10(16-17-18)5-4-6-11(13)19-8-24-7-9(14(20)22-2)12(19)15(21)23-3/h4-6H,7-8H2,1-3H3. The molecule has 0 aliphatic carbocycles. The first kappa shape index (κ1) is 15.9. The normalized spacial score (nSPS) is 14.9. The molecule has 0 amide bonds. The van der Waals surface area contributed by atoms with Gasteiger partial charge in [-0.1, -0.05) is 11.3 Å². The van der Waals surface area contributed by atoms with Crippen molar-refractivity contribution in [3.05, 3.63) is 29.5 Å². The molecule has 9 nitrogen and oxygen atoms in total. The van der Waals surface area contributed by atoms with Gasteiger partial charge in [-0.2, -0.15) is 0 Å². The average molecular weight is 332 g/mol. The Labute approximate surface area is 137 Å². The van der Waals surface area contributed by atoms with Crippen LogP contribution in [0.25, 0.3) is 11.0 Å². The Morgan fingerprint density at radius 3 is 2.67 bits per heavy atom. The number of nitrogens with zero attached hydrogens (tertiary/aromatic N) is 4. The van der Waals surface area contributed by atoms with Crippen LogP contribution in [0.5, 0.6) is 0 Å². The number of aromatic nitrogens is 3. The minimum atomic E-state index is -0.647. The Hall–Kier alpha value is -2.94.